The molecule has 0 saturated carbocycles. The fraction of sp³-hybridized carbons (Fsp3) is 1.00. The van der Waals surface area contributed by atoms with Gasteiger partial charge in [0.1, 0.15) is 0 Å². The quantitative estimate of drug-likeness (QED) is 0.404. The number of halogens is 1. The predicted octanol–water partition coefficient (Wildman–Crippen LogP) is 5.16. The second kappa shape index (κ2) is 14.0. The van der Waals surface area contributed by atoms with Crippen molar-refractivity contribution in [3.05, 3.63) is 0 Å². The van der Waals surface area contributed by atoms with Crippen LogP contribution in [0, 0.1) is 0 Å². The molecule has 0 N–H and O–H groups in total. The Bertz CT molecular complexity index is 54.0. The van der Waals surface area contributed by atoms with Gasteiger partial charge < -0.3 is 0 Å². The van der Waals surface area contributed by atoms with Crippen LogP contribution in [0.2, 0.25) is 0 Å². The van der Waals surface area contributed by atoms with E-state index in [9.17, 15) is 0 Å². The fourth-order valence-corrected chi connectivity index (χ4v) is 1.62. The predicted molar refractivity (Wildman–Crippen MR) is 63.1 cm³/mol. The molecular formula is C11H25Br. The molecule has 0 aromatic carbocycles. The molecule has 12 heavy (non-hydrogen) atoms. The average Bonchev–Trinajstić information content (AvgIpc) is 2.03. The van der Waals surface area contributed by atoms with Crippen molar-refractivity contribution in [2.45, 2.75) is 65.7 Å². The van der Waals surface area contributed by atoms with Crippen LogP contribution in [0.5, 0.6) is 0 Å². The normalized spacial score (nSPS) is 9.50. The van der Waals surface area contributed by atoms with Gasteiger partial charge >= 0.3 is 0 Å². The highest BCUT2D eigenvalue weighted by Crippen LogP contribution is 2.08. The van der Waals surface area contributed by atoms with Crippen molar-refractivity contribution in [2.75, 3.05) is 5.33 Å². The number of hydrogen-bond donors (Lipinski definition) is 0. The van der Waals surface area contributed by atoms with Crippen LogP contribution in [0.3, 0.4) is 0 Å². The van der Waals surface area contributed by atoms with Crippen molar-refractivity contribution in [1.29, 1.82) is 0 Å². The van der Waals surface area contributed by atoms with Crippen LogP contribution in [0.15, 0.2) is 0 Å². The number of rotatable bonds is 8. The second-order valence-corrected chi connectivity index (χ2v) is 3.96. The molecule has 0 bridgehead atoms. The van der Waals surface area contributed by atoms with Gasteiger partial charge in [-0.15, -0.1) is 0 Å². The van der Waals surface area contributed by atoms with Crippen LogP contribution in [0.1, 0.15) is 65.7 Å². The van der Waals surface area contributed by atoms with E-state index < -0.39 is 0 Å². The smallest absolute Gasteiger partial charge is 0.00313 e. The molecule has 0 atom stereocenters. The summed E-state index contributed by atoms with van der Waals surface area (Å²) >= 11 is 3.44. The van der Waals surface area contributed by atoms with Gasteiger partial charge in [-0.05, 0) is 6.42 Å². The zero-order valence-corrected chi connectivity index (χ0v) is 9.33. The molecule has 0 saturated heterocycles. The Kier molecular flexibility index (Phi) is 17.5. The summed E-state index contributed by atoms with van der Waals surface area (Å²) in [6, 6.07) is 0. The highest BCUT2D eigenvalue weighted by molar-refractivity contribution is 9.09. The lowest BCUT2D eigenvalue weighted by Crippen LogP contribution is -1.80. The minimum Gasteiger partial charge on any atom is -0.0928 e. The van der Waals surface area contributed by atoms with E-state index >= 15 is 0 Å². The minimum atomic E-state index is 0. The maximum absolute atomic E-state index is 3.44. The summed E-state index contributed by atoms with van der Waals surface area (Å²) in [7, 11) is 0. The Morgan fingerprint density at radius 2 is 1.17 bits per heavy atom. The van der Waals surface area contributed by atoms with Crippen LogP contribution < -0.4 is 0 Å². The van der Waals surface area contributed by atoms with Gasteiger partial charge in [0.15, 0.2) is 0 Å². The first-order valence-electron chi connectivity index (χ1n) is 4.97. The summed E-state index contributed by atoms with van der Waals surface area (Å²) in [5.41, 5.74) is 0. The van der Waals surface area contributed by atoms with E-state index in [1.54, 1.807) is 0 Å². The molecule has 0 amide bonds. The van der Waals surface area contributed by atoms with Gasteiger partial charge in [0, 0.05) is 5.33 Å². The highest BCUT2D eigenvalue weighted by atomic mass is 79.9. The van der Waals surface area contributed by atoms with Crippen molar-refractivity contribution in [3.63, 3.8) is 0 Å². The van der Waals surface area contributed by atoms with Crippen molar-refractivity contribution >= 4 is 15.9 Å². The third kappa shape index (κ3) is 13.1. The molecule has 0 rings (SSSR count). The minimum absolute atomic E-state index is 0. The van der Waals surface area contributed by atoms with E-state index in [1.165, 1.54) is 56.7 Å². The van der Waals surface area contributed by atoms with E-state index in [0.717, 1.165) is 0 Å². The van der Waals surface area contributed by atoms with Crippen LogP contribution in [0.25, 0.3) is 0 Å². The van der Waals surface area contributed by atoms with Crippen molar-refractivity contribution < 1.29 is 0 Å². The van der Waals surface area contributed by atoms with E-state index in [-0.39, 0.29) is 7.43 Å². The molecule has 0 aliphatic rings. The van der Waals surface area contributed by atoms with E-state index in [1.807, 2.05) is 0 Å². The molecule has 0 fully saturated rings. The summed E-state index contributed by atoms with van der Waals surface area (Å²) in [6.45, 7) is 2.27. The summed E-state index contributed by atoms with van der Waals surface area (Å²) in [5, 5.41) is 1.18. The molecule has 1 heteroatoms. The second-order valence-electron chi connectivity index (χ2n) is 3.16. The zero-order chi connectivity index (χ0) is 8.36. The molecule has 0 unspecified atom stereocenters. The number of unbranched alkanes of at least 4 members (excludes halogenated alkanes) is 7. The van der Waals surface area contributed by atoms with Crippen LogP contribution in [-0.4, -0.2) is 5.33 Å². The van der Waals surface area contributed by atoms with Gasteiger partial charge in [-0.25, -0.2) is 0 Å². The van der Waals surface area contributed by atoms with Crippen molar-refractivity contribution in [3.8, 4) is 0 Å². The largest absolute Gasteiger partial charge is 0.0928 e. The van der Waals surface area contributed by atoms with Gasteiger partial charge in [0.05, 0.1) is 0 Å². The molecular weight excluding hydrogens is 212 g/mol. The van der Waals surface area contributed by atoms with E-state index in [0.29, 0.717) is 0 Å². The lowest BCUT2D eigenvalue weighted by Gasteiger charge is -1.98. The van der Waals surface area contributed by atoms with E-state index in [2.05, 4.69) is 22.9 Å². The lowest BCUT2D eigenvalue weighted by molar-refractivity contribution is 0.587. The van der Waals surface area contributed by atoms with Gasteiger partial charge in [0.25, 0.3) is 0 Å². The number of alkyl halides is 1. The number of hydrogen-bond acceptors (Lipinski definition) is 0. The molecule has 0 aliphatic heterocycles. The average molecular weight is 237 g/mol. The first-order valence-corrected chi connectivity index (χ1v) is 6.10. The van der Waals surface area contributed by atoms with Crippen LogP contribution in [0.4, 0.5) is 0 Å². The monoisotopic (exact) mass is 236 g/mol. The Morgan fingerprint density at radius 1 is 0.750 bits per heavy atom. The molecule has 0 heterocycles. The molecule has 0 aromatic heterocycles. The molecule has 76 valence electrons. The molecule has 0 nitrogen and oxygen atoms in total. The van der Waals surface area contributed by atoms with Gasteiger partial charge in [0.2, 0.25) is 0 Å². The summed E-state index contributed by atoms with van der Waals surface area (Å²) in [5.74, 6) is 0. The zero-order valence-electron chi connectivity index (χ0n) is 7.74. The molecule has 0 spiro atoms. The standard InChI is InChI=1S/C10H21Br.CH4/c1-2-3-4-5-6-7-8-9-10-11;/h2-10H2,1H3;1H4. The maximum Gasteiger partial charge on any atom is 0.00313 e. The summed E-state index contributed by atoms with van der Waals surface area (Å²) < 4.78 is 0. The van der Waals surface area contributed by atoms with Gasteiger partial charge in [-0.3, -0.25) is 0 Å². The van der Waals surface area contributed by atoms with Crippen molar-refractivity contribution in [1.82, 2.24) is 0 Å². The first-order chi connectivity index (χ1) is 5.41. The van der Waals surface area contributed by atoms with Crippen LogP contribution >= 0.6 is 15.9 Å². The topological polar surface area (TPSA) is 0 Å². The SMILES string of the molecule is C.CCCCCCCCCCBr. The van der Waals surface area contributed by atoms with E-state index in [4.69, 9.17) is 0 Å². The molecule has 0 radical (unpaired) electrons. The lowest BCUT2D eigenvalue weighted by atomic mass is 10.1. The Morgan fingerprint density at radius 3 is 1.58 bits per heavy atom. The highest BCUT2D eigenvalue weighted by Gasteiger charge is 1.89. The van der Waals surface area contributed by atoms with Crippen LogP contribution in [-0.2, 0) is 0 Å². The Hall–Kier alpha value is 0.480. The first kappa shape index (κ1) is 15.0. The molecule has 0 aromatic rings. The Balaban J connectivity index is 0. The molecule has 0 aliphatic carbocycles. The third-order valence-electron chi connectivity index (χ3n) is 1.99. The Labute approximate surface area is 87.3 Å². The van der Waals surface area contributed by atoms with Gasteiger partial charge in [-0.1, -0.05) is 75.2 Å². The maximum atomic E-state index is 3.44. The summed E-state index contributed by atoms with van der Waals surface area (Å²) in [6.07, 6.45) is 11.4. The fourth-order valence-electron chi connectivity index (χ4n) is 1.23. The van der Waals surface area contributed by atoms with Crippen molar-refractivity contribution in [2.24, 2.45) is 0 Å². The third-order valence-corrected chi connectivity index (χ3v) is 2.55. The van der Waals surface area contributed by atoms with Gasteiger partial charge in [-0.2, -0.15) is 0 Å². The summed E-state index contributed by atoms with van der Waals surface area (Å²) in [4.78, 5) is 0.